The minimum Gasteiger partial charge on any atom is -0.367 e. The van der Waals surface area contributed by atoms with Gasteiger partial charge >= 0.3 is 15.6 Å². The predicted octanol–water partition coefficient (Wildman–Crippen LogP) is 2.95. The van der Waals surface area contributed by atoms with E-state index in [0.29, 0.717) is 24.0 Å². The summed E-state index contributed by atoms with van der Waals surface area (Å²) in [4.78, 5) is 26.5. The molecule has 2 aromatic rings. The van der Waals surface area contributed by atoms with Gasteiger partial charge in [0.15, 0.2) is 6.23 Å². The summed E-state index contributed by atoms with van der Waals surface area (Å²) in [6.07, 6.45) is 0.772. The number of aliphatic hydroxyl groups excluding tert-OH is 1. The summed E-state index contributed by atoms with van der Waals surface area (Å²) in [5.41, 5.74) is -5.46. The van der Waals surface area contributed by atoms with Gasteiger partial charge in [-0.1, -0.05) is 24.3 Å². The van der Waals surface area contributed by atoms with Crippen LogP contribution in [0.5, 0.6) is 0 Å². The maximum absolute atomic E-state index is 12.7. The topological polar surface area (TPSA) is 104 Å². The zero-order valence-electron chi connectivity index (χ0n) is 17.0. The molecule has 2 amide bonds. The smallest absolute Gasteiger partial charge is 0.367 e. The number of alkyl halides is 3. The van der Waals surface area contributed by atoms with Gasteiger partial charge in [-0.2, -0.15) is 26.7 Å². The second-order valence-corrected chi connectivity index (χ2v) is 8.32. The molecule has 0 bridgehead atoms. The van der Waals surface area contributed by atoms with Gasteiger partial charge in [0.05, 0.1) is 5.56 Å². The van der Waals surface area contributed by atoms with E-state index in [1.54, 1.807) is 11.0 Å². The lowest BCUT2D eigenvalue weighted by atomic mass is 9.91. The van der Waals surface area contributed by atoms with Crippen molar-refractivity contribution in [1.82, 2.24) is 9.96 Å². The predicted molar refractivity (Wildman–Crippen MR) is 108 cm³/mol. The van der Waals surface area contributed by atoms with Gasteiger partial charge in [0.2, 0.25) is 5.91 Å². The Morgan fingerprint density at radius 3 is 2.47 bits per heavy atom. The summed E-state index contributed by atoms with van der Waals surface area (Å²) in [5, 5.41) is 10.9. The van der Waals surface area contributed by atoms with Crippen molar-refractivity contribution in [3.05, 3.63) is 53.1 Å². The highest BCUT2D eigenvalue weighted by Crippen LogP contribution is 2.39. The Labute approximate surface area is 181 Å². The highest BCUT2D eigenvalue weighted by atomic mass is 32.2. The summed E-state index contributed by atoms with van der Waals surface area (Å²) in [5.74, 6) is -1.49. The van der Waals surface area contributed by atoms with Crippen molar-refractivity contribution >= 4 is 38.8 Å². The number of nitrogens with zero attached hydrogens (tertiary/aromatic N) is 2. The first kappa shape index (κ1) is 23.7. The molecule has 8 nitrogen and oxygen atoms in total. The third kappa shape index (κ3) is 4.08. The lowest BCUT2D eigenvalue weighted by molar-refractivity contribution is -0.151. The molecule has 0 saturated carbocycles. The van der Waals surface area contributed by atoms with Crippen LogP contribution in [-0.2, 0) is 19.2 Å². The van der Waals surface area contributed by atoms with Crippen molar-refractivity contribution in [2.75, 3.05) is 13.1 Å². The van der Waals surface area contributed by atoms with Crippen molar-refractivity contribution in [2.45, 2.75) is 25.6 Å². The van der Waals surface area contributed by atoms with Gasteiger partial charge < -0.3 is 10.0 Å². The van der Waals surface area contributed by atoms with Crippen LogP contribution in [0.15, 0.2) is 36.4 Å². The van der Waals surface area contributed by atoms with Crippen LogP contribution in [0.2, 0.25) is 0 Å². The molecule has 1 N–H and O–H groups in total. The largest absolute Gasteiger partial charge is 0.525 e. The molecule has 172 valence electrons. The Morgan fingerprint density at radius 1 is 1.22 bits per heavy atom. The number of carbonyl (C=O) groups excluding carboxylic acids is 2. The van der Waals surface area contributed by atoms with Crippen LogP contribution < -0.4 is 0 Å². The monoisotopic (exact) mass is 472 g/mol. The number of rotatable bonds is 6. The maximum atomic E-state index is 12.7. The second kappa shape index (κ2) is 8.52. The van der Waals surface area contributed by atoms with Crippen molar-refractivity contribution in [3.8, 4) is 0 Å². The van der Waals surface area contributed by atoms with E-state index in [4.69, 9.17) is 0 Å². The van der Waals surface area contributed by atoms with Gasteiger partial charge in [-0.15, -0.1) is 4.28 Å². The lowest BCUT2D eigenvalue weighted by Gasteiger charge is -2.32. The van der Waals surface area contributed by atoms with Gasteiger partial charge in [0, 0.05) is 30.1 Å². The van der Waals surface area contributed by atoms with E-state index in [1.165, 1.54) is 36.4 Å². The van der Waals surface area contributed by atoms with E-state index in [0.717, 1.165) is 0 Å². The number of aliphatic hydroxyl groups is 1. The van der Waals surface area contributed by atoms with Crippen molar-refractivity contribution in [3.63, 3.8) is 0 Å². The maximum Gasteiger partial charge on any atom is 0.525 e. The minimum atomic E-state index is -6.18. The first-order valence-corrected chi connectivity index (χ1v) is 10.9. The van der Waals surface area contributed by atoms with Gasteiger partial charge in [-0.05, 0) is 36.9 Å². The van der Waals surface area contributed by atoms with Gasteiger partial charge in [0.25, 0.3) is 5.91 Å². The Hall–Kier alpha value is -2.96. The molecule has 1 unspecified atom stereocenters. The lowest BCUT2D eigenvalue weighted by Crippen LogP contribution is -2.42. The van der Waals surface area contributed by atoms with E-state index in [1.807, 2.05) is 13.8 Å². The van der Waals surface area contributed by atoms with Crippen LogP contribution >= 0.6 is 0 Å². The number of halogens is 3. The zero-order valence-corrected chi connectivity index (χ0v) is 17.8. The molecule has 2 aromatic carbocycles. The fourth-order valence-corrected chi connectivity index (χ4v) is 3.82. The number of hydrogen-bond donors (Lipinski definition) is 1. The fourth-order valence-electron chi connectivity index (χ4n) is 3.38. The second-order valence-electron chi connectivity index (χ2n) is 6.80. The van der Waals surface area contributed by atoms with E-state index in [9.17, 15) is 36.3 Å². The third-order valence-corrected chi connectivity index (χ3v) is 5.90. The van der Waals surface area contributed by atoms with E-state index in [-0.39, 0.29) is 27.5 Å². The molecule has 1 heterocycles. The van der Waals surface area contributed by atoms with Gasteiger partial charge in [-0.3, -0.25) is 9.59 Å². The number of hydrogen-bond acceptors (Lipinski definition) is 6. The Morgan fingerprint density at radius 2 is 1.88 bits per heavy atom. The molecule has 1 atom stereocenters. The quantitative estimate of drug-likeness (QED) is 0.512. The molecular formula is C20H19F3N2O6S. The minimum absolute atomic E-state index is 0.0280. The van der Waals surface area contributed by atoms with Gasteiger partial charge in [0.1, 0.15) is 0 Å². The SMILES string of the molecule is CCN(CC)C(=O)/C=C/c1ccc2c3c(cccc13)C(O)N(OS(=O)(=O)C(F)(F)F)C2=O. The highest BCUT2D eigenvalue weighted by molar-refractivity contribution is 7.87. The van der Waals surface area contributed by atoms with Crippen LogP contribution in [0.4, 0.5) is 13.2 Å². The van der Waals surface area contributed by atoms with Crippen LogP contribution in [0, 0.1) is 0 Å². The zero-order chi connectivity index (χ0) is 23.8. The van der Waals surface area contributed by atoms with Crippen molar-refractivity contribution in [1.29, 1.82) is 0 Å². The first-order chi connectivity index (χ1) is 14.9. The average molecular weight is 472 g/mol. The van der Waals surface area contributed by atoms with Crippen molar-refractivity contribution < 1.29 is 40.6 Å². The summed E-state index contributed by atoms with van der Waals surface area (Å²) >= 11 is 0. The molecule has 32 heavy (non-hydrogen) atoms. The number of amides is 2. The van der Waals surface area contributed by atoms with E-state index < -0.39 is 27.8 Å². The average Bonchev–Trinajstić information content (AvgIpc) is 2.73. The molecule has 0 spiro atoms. The molecule has 3 rings (SSSR count). The highest BCUT2D eigenvalue weighted by Gasteiger charge is 2.51. The summed E-state index contributed by atoms with van der Waals surface area (Å²) in [7, 11) is -6.18. The Kier molecular flexibility index (Phi) is 6.31. The molecule has 0 aromatic heterocycles. The van der Waals surface area contributed by atoms with Crippen LogP contribution in [0.3, 0.4) is 0 Å². The standard InChI is InChI=1S/C20H19F3N2O6S/c1-3-24(4-2)16(26)11-9-12-8-10-15-17-13(12)6-5-7-14(17)18(27)25(19(15)28)31-32(29,30)20(21,22)23/h5-11,18,27H,3-4H2,1-2H3/b11-9+. The van der Waals surface area contributed by atoms with E-state index in [2.05, 4.69) is 4.28 Å². The molecule has 12 heteroatoms. The molecule has 0 saturated heterocycles. The number of likely N-dealkylation sites (N-methyl/N-ethyl adjacent to an activating group) is 1. The summed E-state index contributed by atoms with van der Waals surface area (Å²) in [6.45, 7) is 4.69. The molecule has 0 fully saturated rings. The molecule has 1 aliphatic rings. The normalized spacial score (nSPS) is 16.8. The number of benzene rings is 2. The Balaban J connectivity index is 2.06. The fraction of sp³-hybridized carbons (Fsp3) is 0.300. The number of hydroxylamine groups is 2. The summed E-state index contributed by atoms with van der Waals surface area (Å²) < 4.78 is 64.8. The molecule has 0 aliphatic carbocycles. The molecule has 0 radical (unpaired) electrons. The van der Waals surface area contributed by atoms with Crippen molar-refractivity contribution in [2.24, 2.45) is 0 Å². The van der Waals surface area contributed by atoms with Crippen LogP contribution in [-0.4, -0.2) is 53.9 Å². The third-order valence-electron chi connectivity index (χ3n) is 4.98. The van der Waals surface area contributed by atoms with Gasteiger partial charge in [-0.25, -0.2) is 0 Å². The first-order valence-electron chi connectivity index (χ1n) is 9.48. The van der Waals surface area contributed by atoms with Crippen LogP contribution in [0.25, 0.3) is 16.8 Å². The van der Waals surface area contributed by atoms with E-state index >= 15 is 0 Å². The summed E-state index contributed by atoms with van der Waals surface area (Å²) in [6, 6.07) is 7.12. The number of carbonyl (C=O) groups is 2. The van der Waals surface area contributed by atoms with Crippen LogP contribution in [0.1, 0.15) is 41.6 Å². The Bertz CT molecular complexity index is 1210. The molecule has 1 aliphatic heterocycles. The molecular weight excluding hydrogens is 453 g/mol.